The lowest BCUT2D eigenvalue weighted by atomic mass is 9.88. The first-order valence-electron chi connectivity index (χ1n) is 10.8. The van der Waals surface area contributed by atoms with Crippen LogP contribution in [0.1, 0.15) is 50.0 Å². The molecule has 2 unspecified atom stereocenters. The topological polar surface area (TPSA) is 68.8 Å². The number of carbonyl (C=O) groups is 1. The zero-order valence-electron chi connectivity index (χ0n) is 19.0. The van der Waals surface area contributed by atoms with E-state index in [9.17, 15) is 4.79 Å². The highest BCUT2D eigenvalue weighted by atomic mass is 16.1. The molecule has 1 heterocycles. The lowest BCUT2D eigenvalue weighted by molar-refractivity contribution is 0.0483. The third-order valence-corrected chi connectivity index (χ3v) is 5.76. The van der Waals surface area contributed by atoms with Crippen LogP contribution in [-0.2, 0) is 6.42 Å². The average Bonchev–Trinajstić information content (AvgIpc) is 2.69. The first-order chi connectivity index (χ1) is 13.7. The van der Waals surface area contributed by atoms with Crippen molar-refractivity contribution in [1.29, 1.82) is 0 Å². The summed E-state index contributed by atoms with van der Waals surface area (Å²) in [4.78, 5) is 18.8. The summed E-state index contributed by atoms with van der Waals surface area (Å²) in [6, 6.07) is 7.75. The number of carbonyl (C=O) groups excluding carboxylic acids is 1. The average molecular weight is 402 g/mol. The maximum Gasteiger partial charge on any atom is 0.251 e. The maximum atomic E-state index is 11.8. The number of aliphatic imine (C=N–C) groups is 1. The van der Waals surface area contributed by atoms with Gasteiger partial charge in [-0.05, 0) is 56.2 Å². The Kier molecular flexibility index (Phi) is 8.50. The molecule has 0 aromatic heterocycles. The van der Waals surface area contributed by atoms with Crippen LogP contribution in [0.2, 0.25) is 0 Å². The Balaban J connectivity index is 1.82. The largest absolute Gasteiger partial charge is 0.356 e. The molecule has 6 nitrogen and oxygen atoms in total. The fourth-order valence-corrected chi connectivity index (χ4v) is 4.13. The Labute approximate surface area is 176 Å². The second-order valence-corrected chi connectivity index (χ2v) is 9.05. The second-order valence-electron chi connectivity index (χ2n) is 9.05. The van der Waals surface area contributed by atoms with Crippen molar-refractivity contribution in [2.45, 2.75) is 46.1 Å². The Morgan fingerprint density at radius 3 is 2.52 bits per heavy atom. The lowest BCUT2D eigenvalue weighted by Gasteiger charge is -2.45. The molecule has 2 rings (SSSR count). The van der Waals surface area contributed by atoms with Crippen LogP contribution in [0.3, 0.4) is 0 Å². The fraction of sp³-hybridized carbons (Fsp3) is 0.652. The third kappa shape index (κ3) is 7.03. The van der Waals surface area contributed by atoms with Gasteiger partial charge < -0.3 is 16.0 Å². The van der Waals surface area contributed by atoms with Crippen LogP contribution in [0.4, 0.5) is 0 Å². The summed E-state index contributed by atoms with van der Waals surface area (Å²) in [7, 11) is 3.46. The molecule has 1 aliphatic heterocycles. The summed E-state index contributed by atoms with van der Waals surface area (Å²) >= 11 is 0. The van der Waals surface area contributed by atoms with E-state index in [-0.39, 0.29) is 11.4 Å². The SMILES string of the molecule is CN=C(NCCc1cccc(C(=O)NC)c1)NCC(C)(C)N1CC(C)CC(C)C1. The van der Waals surface area contributed by atoms with Gasteiger partial charge in [0.05, 0.1) is 0 Å². The van der Waals surface area contributed by atoms with Crippen LogP contribution < -0.4 is 16.0 Å². The molecule has 2 atom stereocenters. The van der Waals surface area contributed by atoms with Gasteiger partial charge in [-0.3, -0.25) is 14.7 Å². The smallest absolute Gasteiger partial charge is 0.251 e. The van der Waals surface area contributed by atoms with Crippen molar-refractivity contribution in [1.82, 2.24) is 20.9 Å². The molecule has 1 aliphatic rings. The summed E-state index contributed by atoms with van der Waals surface area (Å²) in [5.74, 6) is 2.27. The van der Waals surface area contributed by atoms with Gasteiger partial charge in [-0.1, -0.05) is 26.0 Å². The second kappa shape index (κ2) is 10.6. The highest BCUT2D eigenvalue weighted by Gasteiger charge is 2.32. The van der Waals surface area contributed by atoms with E-state index < -0.39 is 0 Å². The summed E-state index contributed by atoms with van der Waals surface area (Å²) in [5, 5.41) is 9.56. The predicted molar refractivity (Wildman–Crippen MR) is 121 cm³/mol. The first kappa shape index (κ1) is 23.2. The summed E-state index contributed by atoms with van der Waals surface area (Å²) in [6.07, 6.45) is 2.15. The Bertz CT molecular complexity index is 690. The van der Waals surface area contributed by atoms with Crippen LogP contribution in [0.15, 0.2) is 29.3 Å². The number of amides is 1. The first-order valence-corrected chi connectivity index (χ1v) is 10.8. The maximum absolute atomic E-state index is 11.8. The zero-order valence-corrected chi connectivity index (χ0v) is 19.0. The molecular formula is C23H39N5O. The van der Waals surface area contributed by atoms with E-state index in [1.54, 1.807) is 14.1 Å². The minimum absolute atomic E-state index is 0.0548. The summed E-state index contributed by atoms with van der Waals surface area (Å²) in [5.41, 5.74) is 1.90. The minimum atomic E-state index is -0.0548. The van der Waals surface area contributed by atoms with Crippen LogP contribution in [-0.4, -0.2) is 62.6 Å². The van der Waals surface area contributed by atoms with E-state index in [1.807, 2.05) is 24.3 Å². The van der Waals surface area contributed by atoms with Gasteiger partial charge in [-0.2, -0.15) is 0 Å². The van der Waals surface area contributed by atoms with Crippen molar-refractivity contribution in [2.24, 2.45) is 16.8 Å². The van der Waals surface area contributed by atoms with E-state index in [0.717, 1.165) is 56.0 Å². The van der Waals surface area contributed by atoms with Gasteiger partial charge in [0.25, 0.3) is 5.91 Å². The molecule has 3 N–H and O–H groups in total. The number of hydrogen-bond donors (Lipinski definition) is 3. The molecule has 162 valence electrons. The number of piperidine rings is 1. The molecule has 1 saturated heterocycles. The van der Waals surface area contributed by atoms with Crippen molar-refractivity contribution in [3.05, 3.63) is 35.4 Å². The zero-order chi connectivity index (χ0) is 21.4. The van der Waals surface area contributed by atoms with Crippen molar-refractivity contribution < 1.29 is 4.79 Å². The number of benzene rings is 1. The van der Waals surface area contributed by atoms with Crippen molar-refractivity contribution in [2.75, 3.05) is 40.3 Å². The van der Waals surface area contributed by atoms with E-state index in [4.69, 9.17) is 0 Å². The van der Waals surface area contributed by atoms with E-state index in [0.29, 0.717) is 5.56 Å². The highest BCUT2D eigenvalue weighted by molar-refractivity contribution is 5.94. The Morgan fingerprint density at radius 1 is 1.21 bits per heavy atom. The number of rotatable bonds is 7. The van der Waals surface area contributed by atoms with E-state index >= 15 is 0 Å². The number of nitrogens with one attached hydrogen (secondary N) is 3. The molecular weight excluding hydrogens is 362 g/mol. The Morgan fingerprint density at radius 2 is 1.90 bits per heavy atom. The quantitative estimate of drug-likeness (QED) is 0.485. The van der Waals surface area contributed by atoms with Gasteiger partial charge in [-0.25, -0.2) is 0 Å². The molecule has 0 aliphatic carbocycles. The van der Waals surface area contributed by atoms with Gasteiger partial charge in [0.2, 0.25) is 0 Å². The number of guanidine groups is 1. The van der Waals surface area contributed by atoms with Gasteiger partial charge in [0.1, 0.15) is 0 Å². The number of likely N-dealkylation sites (tertiary alicyclic amines) is 1. The predicted octanol–water partition coefficient (Wildman–Crippen LogP) is 2.51. The lowest BCUT2D eigenvalue weighted by Crippen LogP contribution is -2.57. The monoisotopic (exact) mass is 401 g/mol. The Hall–Kier alpha value is -2.08. The third-order valence-electron chi connectivity index (χ3n) is 5.76. The van der Waals surface area contributed by atoms with Gasteiger partial charge in [-0.15, -0.1) is 0 Å². The summed E-state index contributed by atoms with van der Waals surface area (Å²) in [6.45, 7) is 13.2. The molecule has 0 bridgehead atoms. The molecule has 1 aromatic rings. The van der Waals surface area contributed by atoms with Crippen LogP contribution in [0, 0.1) is 11.8 Å². The van der Waals surface area contributed by atoms with Crippen LogP contribution in [0.5, 0.6) is 0 Å². The van der Waals surface area contributed by atoms with Crippen LogP contribution >= 0.6 is 0 Å². The highest BCUT2D eigenvalue weighted by Crippen LogP contribution is 2.26. The van der Waals surface area contributed by atoms with Gasteiger partial charge >= 0.3 is 0 Å². The normalized spacial score (nSPS) is 21.0. The molecule has 0 spiro atoms. The molecule has 6 heteroatoms. The standard InChI is InChI=1S/C23H39N5O/c1-17-12-18(2)15-28(14-17)23(3,4)16-27-22(25-6)26-11-10-19-8-7-9-20(13-19)21(29)24-5/h7-9,13,17-18H,10-12,14-16H2,1-6H3,(H,24,29)(H2,25,26,27). The van der Waals surface area contributed by atoms with Crippen molar-refractivity contribution >= 4 is 11.9 Å². The number of hydrogen-bond acceptors (Lipinski definition) is 3. The van der Waals surface area contributed by atoms with Crippen molar-refractivity contribution in [3.63, 3.8) is 0 Å². The number of nitrogens with zero attached hydrogens (tertiary/aromatic N) is 2. The molecule has 1 fully saturated rings. The molecule has 0 saturated carbocycles. The molecule has 1 amide bonds. The van der Waals surface area contributed by atoms with E-state index in [1.165, 1.54) is 6.42 Å². The van der Waals surface area contributed by atoms with Crippen LogP contribution in [0.25, 0.3) is 0 Å². The minimum Gasteiger partial charge on any atom is -0.356 e. The van der Waals surface area contributed by atoms with E-state index in [2.05, 4.69) is 53.5 Å². The molecule has 1 aromatic carbocycles. The molecule has 0 radical (unpaired) electrons. The van der Waals surface area contributed by atoms with Gasteiger partial charge in [0, 0.05) is 51.4 Å². The van der Waals surface area contributed by atoms with Crippen molar-refractivity contribution in [3.8, 4) is 0 Å². The molecule has 29 heavy (non-hydrogen) atoms. The van der Waals surface area contributed by atoms with Gasteiger partial charge in [0.15, 0.2) is 5.96 Å². The fourth-order valence-electron chi connectivity index (χ4n) is 4.13. The summed E-state index contributed by atoms with van der Waals surface area (Å²) < 4.78 is 0.